The molecule has 0 radical (unpaired) electrons. The van der Waals surface area contributed by atoms with Crippen molar-refractivity contribution in [3.05, 3.63) is 37.9 Å². The van der Waals surface area contributed by atoms with Crippen LogP contribution >= 0.6 is 46.4 Å². The van der Waals surface area contributed by atoms with Crippen LogP contribution < -0.4 is 0 Å². The van der Waals surface area contributed by atoms with Crippen molar-refractivity contribution >= 4 is 57.3 Å². The van der Waals surface area contributed by atoms with Crippen LogP contribution in [-0.4, -0.2) is 4.98 Å². The second kappa shape index (κ2) is 4.72. The lowest BCUT2D eigenvalue weighted by atomic mass is 9.91. The van der Waals surface area contributed by atoms with E-state index in [2.05, 4.69) is 25.8 Å². The maximum Gasteiger partial charge on any atom is 0.0922 e. The summed E-state index contributed by atoms with van der Waals surface area (Å²) in [4.78, 5) is 4.55. The van der Waals surface area contributed by atoms with Crippen LogP contribution in [0.15, 0.2) is 12.1 Å². The quantitative estimate of drug-likeness (QED) is 0.530. The van der Waals surface area contributed by atoms with Crippen molar-refractivity contribution in [3.63, 3.8) is 0 Å². The third-order valence-electron chi connectivity index (χ3n) is 2.65. The van der Waals surface area contributed by atoms with Crippen molar-refractivity contribution in [2.45, 2.75) is 26.2 Å². The molecule has 1 aromatic carbocycles. The first-order valence-electron chi connectivity index (χ1n) is 5.36. The van der Waals surface area contributed by atoms with Crippen molar-refractivity contribution < 1.29 is 0 Å². The van der Waals surface area contributed by atoms with Crippen LogP contribution in [0.2, 0.25) is 20.1 Å². The second-order valence-corrected chi connectivity index (χ2v) is 6.72. The first-order chi connectivity index (χ1) is 8.21. The Morgan fingerprint density at radius 3 is 2.06 bits per heavy atom. The van der Waals surface area contributed by atoms with E-state index in [1.165, 1.54) is 0 Å². The predicted molar refractivity (Wildman–Crippen MR) is 80.5 cm³/mol. The number of nitrogens with zero attached hydrogens (tertiary/aromatic N) is 1. The normalized spacial score (nSPS) is 12.2. The molecule has 96 valence electrons. The first-order valence-corrected chi connectivity index (χ1v) is 6.87. The van der Waals surface area contributed by atoms with Crippen molar-refractivity contribution in [2.24, 2.45) is 0 Å². The van der Waals surface area contributed by atoms with Crippen molar-refractivity contribution in [2.75, 3.05) is 0 Å². The molecular weight excluding hydrogens is 312 g/mol. The van der Waals surface area contributed by atoms with Crippen LogP contribution in [0.4, 0.5) is 0 Å². The Morgan fingerprint density at radius 1 is 0.889 bits per heavy atom. The van der Waals surface area contributed by atoms with Gasteiger partial charge in [0.1, 0.15) is 0 Å². The number of halogens is 4. The average molecular weight is 323 g/mol. The third-order valence-corrected chi connectivity index (χ3v) is 4.02. The van der Waals surface area contributed by atoms with Crippen LogP contribution in [-0.2, 0) is 5.41 Å². The molecule has 2 aromatic rings. The van der Waals surface area contributed by atoms with Gasteiger partial charge in [0.05, 0.1) is 25.6 Å². The van der Waals surface area contributed by atoms with Crippen LogP contribution in [0.3, 0.4) is 0 Å². The molecule has 1 nitrogen and oxygen atoms in total. The molecule has 18 heavy (non-hydrogen) atoms. The minimum atomic E-state index is -0.118. The summed E-state index contributed by atoms with van der Waals surface area (Å²) in [7, 11) is 0. The van der Waals surface area contributed by atoms with Gasteiger partial charge in [0, 0.05) is 16.5 Å². The van der Waals surface area contributed by atoms with Gasteiger partial charge in [-0.1, -0.05) is 67.2 Å². The number of hydrogen-bond acceptors (Lipinski definition) is 1. The van der Waals surface area contributed by atoms with Gasteiger partial charge >= 0.3 is 0 Å². The molecular formula is C13H11Cl4N. The zero-order valence-corrected chi connectivity index (χ0v) is 13.1. The topological polar surface area (TPSA) is 12.9 Å². The largest absolute Gasteiger partial charge is 0.251 e. The maximum absolute atomic E-state index is 6.28. The van der Waals surface area contributed by atoms with Gasteiger partial charge in [-0.15, -0.1) is 0 Å². The number of hydrogen-bond donors (Lipinski definition) is 0. The highest BCUT2D eigenvalue weighted by molar-refractivity contribution is 6.50. The van der Waals surface area contributed by atoms with E-state index in [1.54, 1.807) is 6.07 Å². The van der Waals surface area contributed by atoms with Crippen molar-refractivity contribution in [1.82, 2.24) is 4.98 Å². The molecule has 0 saturated carbocycles. The highest BCUT2D eigenvalue weighted by Crippen LogP contribution is 2.40. The van der Waals surface area contributed by atoms with Gasteiger partial charge in [-0.25, -0.2) is 0 Å². The Kier molecular flexibility index (Phi) is 3.72. The molecule has 0 spiro atoms. The van der Waals surface area contributed by atoms with Crippen LogP contribution in [0.1, 0.15) is 26.5 Å². The minimum absolute atomic E-state index is 0.118. The SMILES string of the molecule is CC(C)(C)c1cc(Cl)c2c(Cl)c(Cl)cc(Cl)c2n1. The van der Waals surface area contributed by atoms with Gasteiger partial charge in [-0.05, 0) is 12.1 Å². The van der Waals surface area contributed by atoms with E-state index >= 15 is 0 Å². The van der Waals surface area contributed by atoms with E-state index in [4.69, 9.17) is 46.4 Å². The molecule has 1 heterocycles. The van der Waals surface area contributed by atoms with E-state index in [0.717, 1.165) is 5.69 Å². The molecule has 0 fully saturated rings. The fourth-order valence-corrected chi connectivity index (χ4v) is 2.73. The fourth-order valence-electron chi connectivity index (χ4n) is 1.64. The maximum atomic E-state index is 6.28. The summed E-state index contributed by atoms with van der Waals surface area (Å²) in [5.74, 6) is 0. The number of aromatic nitrogens is 1. The summed E-state index contributed by atoms with van der Waals surface area (Å²) >= 11 is 24.6. The molecule has 0 unspecified atom stereocenters. The molecule has 0 bridgehead atoms. The summed E-state index contributed by atoms with van der Waals surface area (Å²) in [5.41, 5.74) is 1.33. The molecule has 0 atom stereocenters. The monoisotopic (exact) mass is 321 g/mol. The van der Waals surface area contributed by atoms with E-state index in [-0.39, 0.29) is 5.41 Å². The summed E-state index contributed by atoms with van der Waals surface area (Å²) in [6, 6.07) is 3.39. The summed E-state index contributed by atoms with van der Waals surface area (Å²) in [5, 5.41) is 2.32. The van der Waals surface area contributed by atoms with E-state index in [1.807, 2.05) is 6.07 Å². The molecule has 0 saturated heterocycles. The van der Waals surface area contributed by atoms with E-state index < -0.39 is 0 Å². The first kappa shape index (κ1) is 14.2. The third kappa shape index (κ3) is 2.42. The lowest BCUT2D eigenvalue weighted by molar-refractivity contribution is 0.571. The van der Waals surface area contributed by atoms with Gasteiger partial charge in [0.25, 0.3) is 0 Å². The Hall–Kier alpha value is -0.210. The van der Waals surface area contributed by atoms with Gasteiger partial charge in [0.15, 0.2) is 0 Å². The van der Waals surface area contributed by atoms with Gasteiger partial charge in [0.2, 0.25) is 0 Å². The molecule has 0 aliphatic rings. The zero-order chi connectivity index (χ0) is 13.7. The average Bonchev–Trinajstić information content (AvgIpc) is 2.24. The van der Waals surface area contributed by atoms with Crippen molar-refractivity contribution in [1.29, 1.82) is 0 Å². The number of rotatable bonds is 0. The lowest BCUT2D eigenvalue weighted by Crippen LogP contribution is -2.13. The van der Waals surface area contributed by atoms with Gasteiger partial charge < -0.3 is 0 Å². The highest BCUT2D eigenvalue weighted by Gasteiger charge is 2.20. The van der Waals surface area contributed by atoms with E-state index in [9.17, 15) is 0 Å². The fraction of sp³-hybridized carbons (Fsp3) is 0.308. The van der Waals surface area contributed by atoms with E-state index in [0.29, 0.717) is 31.0 Å². The van der Waals surface area contributed by atoms with Crippen LogP contribution in [0, 0.1) is 0 Å². The lowest BCUT2D eigenvalue weighted by Gasteiger charge is -2.19. The highest BCUT2D eigenvalue weighted by atomic mass is 35.5. The Labute approximate surface area is 126 Å². The molecule has 0 aliphatic carbocycles. The number of pyridine rings is 1. The molecule has 2 rings (SSSR count). The molecule has 0 amide bonds. The molecule has 1 aromatic heterocycles. The molecule has 0 aliphatic heterocycles. The Balaban J connectivity index is 2.91. The molecule has 5 heteroatoms. The smallest absolute Gasteiger partial charge is 0.0922 e. The minimum Gasteiger partial charge on any atom is -0.251 e. The Bertz CT molecular complexity index is 629. The summed E-state index contributed by atoms with van der Waals surface area (Å²) in [6.07, 6.45) is 0. The van der Waals surface area contributed by atoms with Crippen LogP contribution in [0.5, 0.6) is 0 Å². The standard InChI is InChI=1S/C13H11Cl4N/c1-13(2,3)9-5-6(14)10-11(17)7(15)4-8(16)12(10)18-9/h4-5H,1-3H3. The second-order valence-electron chi connectivity index (χ2n) is 5.12. The van der Waals surface area contributed by atoms with Gasteiger partial charge in [-0.2, -0.15) is 0 Å². The molecule has 0 N–H and O–H groups in total. The van der Waals surface area contributed by atoms with Crippen molar-refractivity contribution in [3.8, 4) is 0 Å². The summed E-state index contributed by atoms with van der Waals surface area (Å²) < 4.78 is 0. The predicted octanol–water partition coefficient (Wildman–Crippen LogP) is 6.15. The number of fused-ring (bicyclic) bond motifs is 1. The number of benzene rings is 1. The van der Waals surface area contributed by atoms with Crippen LogP contribution in [0.25, 0.3) is 10.9 Å². The zero-order valence-electron chi connectivity index (χ0n) is 10.1. The Morgan fingerprint density at radius 2 is 1.50 bits per heavy atom. The summed E-state index contributed by atoms with van der Waals surface area (Å²) in [6.45, 7) is 6.18. The van der Waals surface area contributed by atoms with Gasteiger partial charge in [-0.3, -0.25) is 4.98 Å².